The van der Waals surface area contributed by atoms with Crippen LogP contribution < -0.4 is 0 Å². The Morgan fingerprint density at radius 2 is 1.88 bits per heavy atom. The molecule has 0 N–H and O–H groups in total. The molecule has 0 atom stereocenters. The van der Waals surface area contributed by atoms with E-state index in [1.54, 1.807) is 25.1 Å². The molecule has 0 aliphatic rings. The van der Waals surface area contributed by atoms with Crippen molar-refractivity contribution in [1.82, 2.24) is 0 Å². The van der Waals surface area contributed by atoms with E-state index >= 15 is 0 Å². The number of benzene rings is 1. The molecule has 0 radical (unpaired) electrons. The minimum absolute atomic E-state index is 0.0590. The summed E-state index contributed by atoms with van der Waals surface area (Å²) in [6, 6.07) is 7.79. The van der Waals surface area contributed by atoms with E-state index in [0.717, 1.165) is 6.26 Å². The van der Waals surface area contributed by atoms with E-state index in [-0.39, 0.29) is 23.7 Å². The Balaban J connectivity index is 2.06. The molecule has 1 heterocycles. The quantitative estimate of drug-likeness (QED) is 0.723. The van der Waals surface area contributed by atoms with Gasteiger partial charge in [-0.15, -0.1) is 0 Å². The van der Waals surface area contributed by atoms with Gasteiger partial charge in [0.15, 0.2) is 9.84 Å². The third-order valence-corrected chi connectivity index (χ3v) is 4.13. The van der Waals surface area contributed by atoms with E-state index in [2.05, 4.69) is 4.74 Å². The van der Waals surface area contributed by atoms with Crippen LogP contribution in [0.4, 0.5) is 0 Å². The van der Waals surface area contributed by atoms with Crippen LogP contribution in [0.25, 0.3) is 0 Å². The summed E-state index contributed by atoms with van der Waals surface area (Å²) in [5, 5.41) is 0. The second kappa shape index (κ2) is 7.52. The number of furan rings is 1. The van der Waals surface area contributed by atoms with Crippen LogP contribution in [-0.4, -0.2) is 33.7 Å². The second-order valence-electron chi connectivity index (χ2n) is 5.56. The van der Waals surface area contributed by atoms with Gasteiger partial charge in [-0.1, -0.05) is 12.1 Å². The summed E-state index contributed by atoms with van der Waals surface area (Å²) in [6.45, 7) is 1.52. The SMILES string of the molecule is COC(=O)c1oc(COC(=O)c2cccc(CS(C)(=O)=O)c2)cc1C. The van der Waals surface area contributed by atoms with Gasteiger partial charge in [-0.05, 0) is 30.7 Å². The lowest BCUT2D eigenvalue weighted by Crippen LogP contribution is -2.07. The minimum Gasteiger partial charge on any atom is -0.463 e. The van der Waals surface area contributed by atoms with Gasteiger partial charge in [-0.2, -0.15) is 0 Å². The maximum Gasteiger partial charge on any atom is 0.374 e. The predicted molar refractivity (Wildman–Crippen MR) is 88.9 cm³/mol. The third-order valence-electron chi connectivity index (χ3n) is 3.28. The molecule has 0 bridgehead atoms. The zero-order valence-corrected chi connectivity index (χ0v) is 14.9. The smallest absolute Gasteiger partial charge is 0.374 e. The monoisotopic (exact) mass is 366 g/mol. The van der Waals surface area contributed by atoms with Gasteiger partial charge in [-0.25, -0.2) is 18.0 Å². The molecule has 0 aliphatic carbocycles. The van der Waals surface area contributed by atoms with Crippen LogP contribution in [0, 0.1) is 6.92 Å². The first-order valence-corrected chi connectivity index (χ1v) is 9.37. The molecule has 0 amide bonds. The Morgan fingerprint density at radius 3 is 2.52 bits per heavy atom. The van der Waals surface area contributed by atoms with Crippen molar-refractivity contribution in [3.05, 3.63) is 58.5 Å². The fourth-order valence-corrected chi connectivity index (χ4v) is 3.01. The second-order valence-corrected chi connectivity index (χ2v) is 7.70. The predicted octanol–water partition coefficient (Wildman–Crippen LogP) is 2.28. The molecule has 1 aromatic carbocycles. The van der Waals surface area contributed by atoms with E-state index in [1.807, 2.05) is 0 Å². The van der Waals surface area contributed by atoms with Crippen LogP contribution in [0.2, 0.25) is 0 Å². The normalized spacial score (nSPS) is 11.2. The van der Waals surface area contributed by atoms with Crippen molar-refractivity contribution < 1.29 is 31.9 Å². The van der Waals surface area contributed by atoms with Crippen molar-refractivity contribution in [2.45, 2.75) is 19.3 Å². The zero-order chi connectivity index (χ0) is 18.6. The maximum absolute atomic E-state index is 12.1. The molecule has 25 heavy (non-hydrogen) atoms. The highest BCUT2D eigenvalue weighted by molar-refractivity contribution is 7.89. The summed E-state index contributed by atoms with van der Waals surface area (Å²) < 4.78 is 37.7. The summed E-state index contributed by atoms with van der Waals surface area (Å²) in [5.41, 5.74) is 1.31. The first-order valence-electron chi connectivity index (χ1n) is 7.31. The number of methoxy groups -OCH3 is 1. The van der Waals surface area contributed by atoms with Gasteiger partial charge in [0.1, 0.15) is 12.4 Å². The Bertz CT molecular complexity index is 893. The van der Waals surface area contributed by atoms with Gasteiger partial charge in [0.2, 0.25) is 5.76 Å². The van der Waals surface area contributed by atoms with Crippen molar-refractivity contribution in [1.29, 1.82) is 0 Å². The number of rotatable bonds is 6. The van der Waals surface area contributed by atoms with Crippen LogP contribution in [0.15, 0.2) is 34.7 Å². The van der Waals surface area contributed by atoms with Crippen molar-refractivity contribution in [3.8, 4) is 0 Å². The summed E-state index contributed by atoms with van der Waals surface area (Å²) in [6.07, 6.45) is 1.12. The van der Waals surface area contributed by atoms with Crippen LogP contribution in [-0.2, 0) is 31.7 Å². The highest BCUT2D eigenvalue weighted by atomic mass is 32.2. The zero-order valence-electron chi connectivity index (χ0n) is 14.1. The fourth-order valence-electron chi connectivity index (χ4n) is 2.23. The molecule has 134 valence electrons. The molecule has 0 saturated heterocycles. The molecule has 0 fully saturated rings. The Labute approximate surface area is 145 Å². The van der Waals surface area contributed by atoms with Crippen LogP contribution in [0.1, 0.15) is 37.8 Å². The number of carbonyl (C=O) groups is 2. The minimum atomic E-state index is -3.20. The van der Waals surface area contributed by atoms with Crippen molar-refractivity contribution in [3.63, 3.8) is 0 Å². The number of carbonyl (C=O) groups excluding carboxylic acids is 2. The van der Waals surface area contributed by atoms with E-state index in [9.17, 15) is 18.0 Å². The molecule has 0 saturated carbocycles. The number of sulfone groups is 1. The summed E-state index contributed by atoms with van der Waals surface area (Å²) in [4.78, 5) is 23.6. The van der Waals surface area contributed by atoms with Gasteiger partial charge >= 0.3 is 11.9 Å². The average molecular weight is 366 g/mol. The first kappa shape index (κ1) is 18.7. The van der Waals surface area contributed by atoms with Crippen molar-refractivity contribution in [2.24, 2.45) is 0 Å². The lowest BCUT2D eigenvalue weighted by Gasteiger charge is -2.05. The number of hydrogen-bond acceptors (Lipinski definition) is 7. The van der Waals surface area contributed by atoms with Crippen molar-refractivity contribution >= 4 is 21.8 Å². The molecular formula is C17H18O7S. The summed E-state index contributed by atoms with van der Waals surface area (Å²) >= 11 is 0. The molecular weight excluding hydrogens is 348 g/mol. The largest absolute Gasteiger partial charge is 0.463 e. The number of aryl methyl sites for hydroxylation is 1. The molecule has 1 aromatic heterocycles. The fraction of sp³-hybridized carbons (Fsp3) is 0.294. The Morgan fingerprint density at radius 1 is 1.16 bits per heavy atom. The van der Waals surface area contributed by atoms with Crippen LogP contribution >= 0.6 is 0 Å². The summed E-state index contributed by atoms with van der Waals surface area (Å²) in [5.74, 6) is -1.02. The molecule has 2 rings (SSSR count). The molecule has 0 aliphatic heterocycles. The lowest BCUT2D eigenvalue weighted by molar-refractivity contribution is 0.0438. The standard InChI is InChI=1S/C17H18O7S/c1-11-7-14(24-15(11)17(19)22-2)9-23-16(18)13-6-4-5-12(8-13)10-25(3,20)21/h4-8H,9-10H2,1-3H3. The third kappa shape index (κ3) is 5.18. The average Bonchev–Trinajstić information content (AvgIpc) is 2.91. The Kier molecular flexibility index (Phi) is 5.63. The highest BCUT2D eigenvalue weighted by Crippen LogP contribution is 2.17. The van der Waals surface area contributed by atoms with Crippen molar-refractivity contribution in [2.75, 3.05) is 13.4 Å². The van der Waals surface area contributed by atoms with E-state index in [0.29, 0.717) is 16.9 Å². The topological polar surface area (TPSA) is 99.9 Å². The number of ether oxygens (including phenoxy) is 2. The van der Waals surface area contributed by atoms with E-state index < -0.39 is 21.8 Å². The van der Waals surface area contributed by atoms with E-state index in [1.165, 1.54) is 19.2 Å². The molecule has 8 heteroatoms. The molecule has 0 unspecified atom stereocenters. The van der Waals surface area contributed by atoms with Crippen LogP contribution in [0.3, 0.4) is 0 Å². The van der Waals surface area contributed by atoms with Gasteiger partial charge in [-0.3, -0.25) is 0 Å². The van der Waals surface area contributed by atoms with Gasteiger partial charge < -0.3 is 13.9 Å². The van der Waals surface area contributed by atoms with Gasteiger partial charge in [0.05, 0.1) is 18.4 Å². The van der Waals surface area contributed by atoms with Gasteiger partial charge in [0.25, 0.3) is 0 Å². The highest BCUT2D eigenvalue weighted by Gasteiger charge is 2.17. The van der Waals surface area contributed by atoms with Gasteiger partial charge in [0, 0.05) is 11.8 Å². The lowest BCUT2D eigenvalue weighted by atomic mass is 10.1. The number of hydrogen-bond donors (Lipinski definition) is 0. The maximum atomic E-state index is 12.1. The summed E-state index contributed by atoms with van der Waals surface area (Å²) in [7, 11) is -1.95. The first-order chi connectivity index (χ1) is 11.7. The Hall–Kier alpha value is -2.61. The molecule has 0 spiro atoms. The van der Waals surface area contributed by atoms with E-state index in [4.69, 9.17) is 9.15 Å². The molecule has 7 nitrogen and oxygen atoms in total. The van der Waals surface area contributed by atoms with Crippen LogP contribution in [0.5, 0.6) is 0 Å². The number of esters is 2. The molecule has 2 aromatic rings.